The zero-order valence-electron chi connectivity index (χ0n) is 16.4. The minimum absolute atomic E-state index is 0.110. The van der Waals surface area contributed by atoms with E-state index in [4.69, 9.17) is 4.74 Å². The first kappa shape index (κ1) is 19.4. The summed E-state index contributed by atoms with van der Waals surface area (Å²) < 4.78 is 7.14. The van der Waals surface area contributed by atoms with Gasteiger partial charge in [0.05, 0.1) is 19.9 Å². The standard InChI is InChI=1S/C22H24N4O2/c1-17-9-11-21(28-3)19(13-17)15-25(2)22(27)12-10-20-16-26(24-23-20)14-18-7-5-4-6-8-18/h4-13,16H,14-15H2,1-3H3/b12-10+. The van der Waals surface area contributed by atoms with Crippen molar-refractivity contribution < 1.29 is 9.53 Å². The van der Waals surface area contributed by atoms with Crippen molar-refractivity contribution in [1.29, 1.82) is 0 Å². The smallest absolute Gasteiger partial charge is 0.246 e. The number of aryl methyl sites for hydroxylation is 1. The number of carbonyl (C=O) groups is 1. The largest absolute Gasteiger partial charge is 0.496 e. The highest BCUT2D eigenvalue weighted by Gasteiger charge is 2.10. The molecule has 1 amide bonds. The maximum absolute atomic E-state index is 12.4. The summed E-state index contributed by atoms with van der Waals surface area (Å²) in [5.74, 6) is 0.666. The van der Waals surface area contributed by atoms with Crippen LogP contribution in [0, 0.1) is 6.92 Å². The highest BCUT2D eigenvalue weighted by atomic mass is 16.5. The van der Waals surface area contributed by atoms with E-state index in [-0.39, 0.29) is 5.91 Å². The second-order valence-electron chi connectivity index (χ2n) is 6.67. The first-order valence-corrected chi connectivity index (χ1v) is 9.06. The number of carbonyl (C=O) groups excluding carboxylic acids is 1. The van der Waals surface area contributed by atoms with Crippen LogP contribution >= 0.6 is 0 Å². The molecule has 0 fully saturated rings. The van der Waals surface area contributed by atoms with E-state index in [1.165, 1.54) is 6.08 Å². The maximum atomic E-state index is 12.4. The molecule has 0 aliphatic rings. The van der Waals surface area contributed by atoms with Crippen LogP contribution in [0.15, 0.2) is 60.8 Å². The topological polar surface area (TPSA) is 60.2 Å². The SMILES string of the molecule is COc1ccc(C)cc1CN(C)C(=O)/C=C/c1cn(Cc2ccccc2)nn1. The van der Waals surface area contributed by atoms with Gasteiger partial charge >= 0.3 is 0 Å². The minimum Gasteiger partial charge on any atom is -0.496 e. The van der Waals surface area contributed by atoms with Crippen LogP contribution in [0.25, 0.3) is 6.08 Å². The number of benzene rings is 2. The van der Waals surface area contributed by atoms with Gasteiger partial charge in [0, 0.05) is 25.2 Å². The van der Waals surface area contributed by atoms with Crippen molar-refractivity contribution in [2.24, 2.45) is 0 Å². The number of hydrogen-bond acceptors (Lipinski definition) is 4. The molecule has 144 valence electrons. The number of amides is 1. The molecule has 0 bridgehead atoms. The quantitative estimate of drug-likeness (QED) is 0.594. The van der Waals surface area contributed by atoms with Gasteiger partial charge in [0.15, 0.2) is 0 Å². The lowest BCUT2D eigenvalue weighted by Crippen LogP contribution is -2.24. The van der Waals surface area contributed by atoms with Gasteiger partial charge in [-0.3, -0.25) is 4.79 Å². The maximum Gasteiger partial charge on any atom is 0.246 e. The number of aromatic nitrogens is 3. The van der Waals surface area contributed by atoms with Crippen LogP contribution < -0.4 is 4.74 Å². The third-order valence-electron chi connectivity index (χ3n) is 4.36. The van der Waals surface area contributed by atoms with Crippen molar-refractivity contribution in [3.8, 4) is 5.75 Å². The van der Waals surface area contributed by atoms with E-state index in [1.54, 1.807) is 29.8 Å². The number of likely N-dealkylation sites (N-methyl/N-ethyl adjacent to an activating group) is 1. The predicted molar refractivity (Wildman–Crippen MR) is 109 cm³/mol. The molecule has 0 atom stereocenters. The molecule has 28 heavy (non-hydrogen) atoms. The molecule has 0 unspecified atom stereocenters. The number of ether oxygens (including phenoxy) is 1. The molecule has 0 N–H and O–H groups in total. The van der Waals surface area contributed by atoms with E-state index >= 15 is 0 Å². The lowest BCUT2D eigenvalue weighted by molar-refractivity contribution is -0.125. The molecule has 6 nitrogen and oxygen atoms in total. The third-order valence-corrected chi connectivity index (χ3v) is 4.36. The summed E-state index contributed by atoms with van der Waals surface area (Å²) in [6.07, 6.45) is 5.01. The number of hydrogen-bond donors (Lipinski definition) is 0. The predicted octanol–water partition coefficient (Wildman–Crippen LogP) is 3.32. The Bertz CT molecular complexity index is 964. The van der Waals surface area contributed by atoms with Crippen LogP contribution in [-0.2, 0) is 17.9 Å². The summed E-state index contributed by atoms with van der Waals surface area (Å²) in [5.41, 5.74) is 3.89. The van der Waals surface area contributed by atoms with Gasteiger partial charge in [-0.05, 0) is 24.6 Å². The highest BCUT2D eigenvalue weighted by Crippen LogP contribution is 2.21. The van der Waals surface area contributed by atoms with E-state index in [1.807, 2.05) is 61.7 Å². The molecule has 0 aliphatic heterocycles. The van der Waals surface area contributed by atoms with Crippen LogP contribution in [0.3, 0.4) is 0 Å². The molecule has 0 saturated carbocycles. The Morgan fingerprint density at radius 2 is 2.00 bits per heavy atom. The fourth-order valence-corrected chi connectivity index (χ4v) is 2.89. The van der Waals surface area contributed by atoms with Crippen LogP contribution in [0.1, 0.15) is 22.4 Å². The molecule has 6 heteroatoms. The molecule has 1 aromatic heterocycles. The Hall–Kier alpha value is -3.41. The second-order valence-corrected chi connectivity index (χ2v) is 6.67. The van der Waals surface area contributed by atoms with E-state index in [0.717, 1.165) is 22.4 Å². The van der Waals surface area contributed by atoms with Crippen LogP contribution in [0.5, 0.6) is 5.75 Å². The first-order chi connectivity index (χ1) is 13.5. The number of rotatable bonds is 7. The summed E-state index contributed by atoms with van der Waals surface area (Å²) in [7, 11) is 3.40. The minimum atomic E-state index is -0.110. The van der Waals surface area contributed by atoms with Gasteiger partial charge in [-0.25, -0.2) is 4.68 Å². The highest BCUT2D eigenvalue weighted by molar-refractivity contribution is 5.91. The van der Waals surface area contributed by atoms with Crippen molar-refractivity contribution in [2.75, 3.05) is 14.2 Å². The fraction of sp³-hybridized carbons (Fsp3) is 0.227. The van der Waals surface area contributed by atoms with Crippen LogP contribution in [-0.4, -0.2) is 40.0 Å². The first-order valence-electron chi connectivity index (χ1n) is 9.06. The van der Waals surface area contributed by atoms with Crippen molar-refractivity contribution in [3.63, 3.8) is 0 Å². The van der Waals surface area contributed by atoms with E-state index in [9.17, 15) is 4.79 Å². The van der Waals surface area contributed by atoms with Gasteiger partial charge in [-0.15, -0.1) is 5.10 Å². The van der Waals surface area contributed by atoms with Crippen LogP contribution in [0.4, 0.5) is 0 Å². The molecular formula is C22H24N4O2. The summed E-state index contributed by atoms with van der Waals surface area (Å²) in [4.78, 5) is 14.1. The fourth-order valence-electron chi connectivity index (χ4n) is 2.89. The summed E-state index contributed by atoms with van der Waals surface area (Å²) in [6, 6.07) is 16.0. The number of nitrogens with zero attached hydrogens (tertiary/aromatic N) is 4. The lowest BCUT2D eigenvalue weighted by atomic mass is 10.1. The lowest BCUT2D eigenvalue weighted by Gasteiger charge is -2.17. The average Bonchev–Trinajstić information content (AvgIpc) is 3.14. The average molecular weight is 376 g/mol. The van der Waals surface area contributed by atoms with Gasteiger partial charge < -0.3 is 9.64 Å². The normalized spacial score (nSPS) is 11.0. The Balaban J connectivity index is 1.61. The van der Waals surface area contributed by atoms with Gasteiger partial charge in [-0.1, -0.05) is 53.2 Å². The van der Waals surface area contributed by atoms with E-state index in [2.05, 4.69) is 10.3 Å². The third kappa shape index (κ3) is 5.07. The van der Waals surface area contributed by atoms with Gasteiger partial charge in [0.2, 0.25) is 5.91 Å². The van der Waals surface area contributed by atoms with Crippen molar-refractivity contribution in [1.82, 2.24) is 19.9 Å². The molecule has 3 aromatic rings. The molecule has 0 aliphatic carbocycles. The van der Waals surface area contributed by atoms with Crippen molar-refractivity contribution >= 4 is 12.0 Å². The summed E-state index contributed by atoms with van der Waals surface area (Å²) in [5, 5.41) is 8.21. The number of methoxy groups -OCH3 is 1. The molecule has 3 rings (SSSR count). The van der Waals surface area contributed by atoms with Gasteiger partial charge in [-0.2, -0.15) is 0 Å². The Morgan fingerprint density at radius 3 is 2.75 bits per heavy atom. The van der Waals surface area contributed by atoms with E-state index in [0.29, 0.717) is 18.8 Å². The van der Waals surface area contributed by atoms with Crippen molar-refractivity contribution in [2.45, 2.75) is 20.0 Å². The molecule has 0 saturated heterocycles. The second kappa shape index (κ2) is 8.99. The Morgan fingerprint density at radius 1 is 1.21 bits per heavy atom. The van der Waals surface area contributed by atoms with E-state index < -0.39 is 0 Å². The Kier molecular flexibility index (Phi) is 6.22. The zero-order valence-corrected chi connectivity index (χ0v) is 16.4. The van der Waals surface area contributed by atoms with Crippen LogP contribution in [0.2, 0.25) is 0 Å². The summed E-state index contributed by atoms with van der Waals surface area (Å²) in [6.45, 7) is 3.13. The zero-order chi connectivity index (χ0) is 19.9. The molecular weight excluding hydrogens is 352 g/mol. The van der Waals surface area contributed by atoms with Crippen molar-refractivity contribution in [3.05, 3.63) is 83.2 Å². The molecule has 0 radical (unpaired) electrons. The molecule has 2 aromatic carbocycles. The molecule has 0 spiro atoms. The van der Waals surface area contributed by atoms with Gasteiger partial charge in [0.1, 0.15) is 11.4 Å². The monoisotopic (exact) mass is 376 g/mol. The Labute approximate surface area is 165 Å². The summed E-state index contributed by atoms with van der Waals surface area (Å²) >= 11 is 0. The van der Waals surface area contributed by atoms with Gasteiger partial charge in [0.25, 0.3) is 0 Å². The molecule has 1 heterocycles.